The molecule has 0 saturated heterocycles. The maximum atomic E-state index is 13.4. The zero-order chi connectivity index (χ0) is 23.1. The number of carboxylic acids is 1. The summed E-state index contributed by atoms with van der Waals surface area (Å²) in [6, 6.07) is 0. The minimum atomic E-state index is -1.13. The van der Waals surface area contributed by atoms with E-state index in [0.29, 0.717) is 5.92 Å². The van der Waals surface area contributed by atoms with Gasteiger partial charge in [0.2, 0.25) is 0 Å². The van der Waals surface area contributed by atoms with Crippen LogP contribution in [0.25, 0.3) is 17.7 Å². The van der Waals surface area contributed by atoms with Crippen LogP contribution in [0.15, 0.2) is 30.1 Å². The monoisotopic (exact) mass is 429 g/mol. The quantitative estimate of drug-likeness (QED) is 0.446. The molecule has 1 heterocycles. The number of rotatable bonds is 10. The molecule has 0 bridgehead atoms. The van der Waals surface area contributed by atoms with E-state index < -0.39 is 24.6 Å². The summed E-state index contributed by atoms with van der Waals surface area (Å²) in [5, 5.41) is 28.9. The van der Waals surface area contributed by atoms with E-state index in [2.05, 4.69) is 0 Å². The summed E-state index contributed by atoms with van der Waals surface area (Å²) in [5.74, 6) is -1.06. The number of hydrogen-bond donors (Lipinski definition) is 3. The van der Waals surface area contributed by atoms with E-state index in [0.717, 1.165) is 46.5 Å². The molecule has 5 nitrogen and oxygen atoms in total. The van der Waals surface area contributed by atoms with E-state index >= 15 is 0 Å². The third-order valence-electron chi connectivity index (χ3n) is 5.16. The van der Waals surface area contributed by atoms with Crippen LogP contribution in [-0.4, -0.2) is 38.5 Å². The highest BCUT2D eigenvalue weighted by molar-refractivity contribution is 5.82. The van der Waals surface area contributed by atoms with E-state index in [9.17, 15) is 19.4 Å². The van der Waals surface area contributed by atoms with Crippen LogP contribution < -0.4 is 0 Å². The number of aliphatic hydroxyl groups is 2. The Morgan fingerprint density at radius 3 is 2.42 bits per heavy atom. The maximum Gasteiger partial charge on any atom is 0.305 e. The maximum absolute atomic E-state index is 13.4. The van der Waals surface area contributed by atoms with Gasteiger partial charge in [-0.2, -0.15) is 0 Å². The van der Waals surface area contributed by atoms with Crippen molar-refractivity contribution in [3.63, 3.8) is 0 Å². The van der Waals surface area contributed by atoms with Gasteiger partial charge < -0.3 is 15.3 Å². The molecule has 6 heteroatoms. The van der Waals surface area contributed by atoms with Crippen LogP contribution in [0.2, 0.25) is 0 Å². The molecule has 2 rings (SSSR count). The fourth-order valence-corrected chi connectivity index (χ4v) is 3.56. The first-order valence-corrected chi connectivity index (χ1v) is 10.6. The Hall–Kier alpha value is -2.57. The molecule has 0 amide bonds. The van der Waals surface area contributed by atoms with Gasteiger partial charge in [0.1, 0.15) is 0 Å². The first kappa shape index (κ1) is 24.7. The van der Waals surface area contributed by atoms with Crippen LogP contribution in [-0.2, 0) is 4.79 Å². The van der Waals surface area contributed by atoms with Crippen molar-refractivity contribution in [3.05, 3.63) is 58.2 Å². The van der Waals surface area contributed by atoms with Gasteiger partial charge >= 0.3 is 5.97 Å². The SMILES string of the molecule is C/C=C\c1c(C)nc(C2CC2)c(/C=C/[C@@H](O)C[C@@H](O)CC(=O)O)c1/C(C)=C/C=C(\C)F. The Labute approximate surface area is 183 Å². The molecule has 1 fully saturated rings. The zero-order valence-corrected chi connectivity index (χ0v) is 18.6. The zero-order valence-electron chi connectivity index (χ0n) is 18.6. The van der Waals surface area contributed by atoms with Crippen LogP contribution in [0.1, 0.15) is 80.5 Å². The molecule has 0 spiro atoms. The number of aryl methyl sites for hydroxylation is 1. The molecular weight excluding hydrogens is 397 g/mol. The molecule has 168 valence electrons. The van der Waals surface area contributed by atoms with Gasteiger partial charge in [0.05, 0.1) is 30.1 Å². The molecule has 3 N–H and O–H groups in total. The lowest BCUT2D eigenvalue weighted by atomic mass is 9.90. The van der Waals surface area contributed by atoms with Crippen molar-refractivity contribution in [2.24, 2.45) is 0 Å². The number of aliphatic carboxylic acids is 1. The largest absolute Gasteiger partial charge is 0.481 e. The van der Waals surface area contributed by atoms with E-state index in [1.54, 1.807) is 18.2 Å². The average Bonchev–Trinajstić information content (AvgIpc) is 3.50. The number of carbonyl (C=O) groups is 1. The van der Waals surface area contributed by atoms with Gasteiger partial charge in [-0.05, 0) is 57.7 Å². The van der Waals surface area contributed by atoms with Crippen molar-refractivity contribution < 1.29 is 24.5 Å². The van der Waals surface area contributed by atoms with E-state index in [1.165, 1.54) is 13.0 Å². The van der Waals surface area contributed by atoms with E-state index in [4.69, 9.17) is 10.1 Å². The highest BCUT2D eigenvalue weighted by Crippen LogP contribution is 2.44. The normalized spacial score (nSPS) is 17.5. The topological polar surface area (TPSA) is 90.7 Å². The lowest BCUT2D eigenvalue weighted by Gasteiger charge is -2.18. The lowest BCUT2D eigenvalue weighted by molar-refractivity contribution is -0.139. The van der Waals surface area contributed by atoms with Gasteiger partial charge in [-0.3, -0.25) is 9.78 Å². The summed E-state index contributed by atoms with van der Waals surface area (Å²) in [7, 11) is 0. The molecule has 0 aromatic carbocycles. The Kier molecular flexibility index (Phi) is 8.89. The van der Waals surface area contributed by atoms with Crippen molar-refractivity contribution >= 4 is 23.7 Å². The molecule has 0 radical (unpaired) electrons. The minimum absolute atomic E-state index is 0.0729. The summed E-state index contributed by atoms with van der Waals surface area (Å²) in [6.45, 7) is 7.19. The van der Waals surface area contributed by atoms with Gasteiger partial charge in [0, 0.05) is 29.2 Å². The third kappa shape index (κ3) is 7.26. The molecule has 2 atom stereocenters. The van der Waals surface area contributed by atoms with Crippen molar-refractivity contribution in [2.45, 2.75) is 71.5 Å². The predicted molar refractivity (Wildman–Crippen MR) is 122 cm³/mol. The number of aliphatic hydroxyl groups excluding tert-OH is 2. The summed E-state index contributed by atoms with van der Waals surface area (Å²) >= 11 is 0. The molecule has 1 aromatic heterocycles. The number of pyridine rings is 1. The first-order valence-electron chi connectivity index (χ1n) is 10.6. The molecule has 1 aromatic rings. The highest BCUT2D eigenvalue weighted by Gasteiger charge is 2.30. The molecular formula is C25H32FNO4. The van der Waals surface area contributed by atoms with Crippen molar-refractivity contribution in [1.82, 2.24) is 4.98 Å². The third-order valence-corrected chi connectivity index (χ3v) is 5.16. The minimum Gasteiger partial charge on any atom is -0.481 e. The fraction of sp³-hybridized carbons (Fsp3) is 0.440. The smallest absolute Gasteiger partial charge is 0.305 e. The number of carboxylic acid groups (broad SMARTS) is 1. The molecule has 31 heavy (non-hydrogen) atoms. The molecule has 1 saturated carbocycles. The van der Waals surface area contributed by atoms with Gasteiger partial charge in [-0.1, -0.05) is 30.4 Å². The van der Waals surface area contributed by atoms with Crippen molar-refractivity contribution in [1.29, 1.82) is 0 Å². The highest BCUT2D eigenvalue weighted by atomic mass is 19.1. The number of halogens is 1. The van der Waals surface area contributed by atoms with Crippen molar-refractivity contribution in [2.75, 3.05) is 0 Å². The number of nitrogens with zero attached hydrogens (tertiary/aromatic N) is 1. The molecule has 0 aliphatic heterocycles. The Morgan fingerprint density at radius 2 is 1.87 bits per heavy atom. The van der Waals surface area contributed by atoms with E-state index in [1.807, 2.05) is 32.9 Å². The predicted octanol–water partition coefficient (Wildman–Crippen LogP) is 5.18. The van der Waals surface area contributed by atoms with Crippen LogP contribution in [0.5, 0.6) is 0 Å². The van der Waals surface area contributed by atoms with Crippen LogP contribution in [0.3, 0.4) is 0 Å². The summed E-state index contributed by atoms with van der Waals surface area (Å²) in [6.07, 6.45) is 9.88. The Morgan fingerprint density at radius 1 is 1.19 bits per heavy atom. The van der Waals surface area contributed by atoms with Gasteiger partial charge in [0.25, 0.3) is 0 Å². The summed E-state index contributed by atoms with van der Waals surface area (Å²) in [5.41, 5.74) is 5.44. The number of hydrogen-bond acceptors (Lipinski definition) is 4. The molecule has 0 unspecified atom stereocenters. The second-order valence-corrected chi connectivity index (χ2v) is 8.08. The van der Waals surface area contributed by atoms with Crippen LogP contribution in [0.4, 0.5) is 4.39 Å². The van der Waals surface area contributed by atoms with Crippen LogP contribution >= 0.6 is 0 Å². The second kappa shape index (κ2) is 11.2. The van der Waals surface area contributed by atoms with Gasteiger partial charge in [0.15, 0.2) is 0 Å². The standard InChI is InChI=1S/C25H32FNO4/c1-5-6-21-17(4)27-25(18-9-10-18)22(24(21)15(2)7-8-16(3)26)12-11-19(28)13-20(29)14-23(30)31/h5-8,11-12,18-20,28-29H,9-10,13-14H2,1-4H3,(H,30,31)/b6-5-,12-11+,15-7+,16-8+/t19-,20-/m1/s1. The lowest BCUT2D eigenvalue weighted by Crippen LogP contribution is -2.19. The van der Waals surface area contributed by atoms with E-state index in [-0.39, 0.29) is 12.2 Å². The average molecular weight is 430 g/mol. The summed E-state index contributed by atoms with van der Waals surface area (Å²) < 4.78 is 13.4. The van der Waals surface area contributed by atoms with Crippen LogP contribution in [0, 0.1) is 6.92 Å². The first-order chi connectivity index (χ1) is 14.6. The fourth-order valence-electron chi connectivity index (χ4n) is 3.56. The molecule has 1 aliphatic rings. The van der Waals surface area contributed by atoms with Gasteiger partial charge in [-0.15, -0.1) is 0 Å². The Bertz CT molecular complexity index is 922. The number of aromatic nitrogens is 1. The number of allylic oxidation sites excluding steroid dienone is 5. The molecule has 1 aliphatic carbocycles. The summed E-state index contributed by atoms with van der Waals surface area (Å²) in [4.78, 5) is 15.6. The van der Waals surface area contributed by atoms with Crippen molar-refractivity contribution in [3.8, 4) is 0 Å². The second-order valence-electron chi connectivity index (χ2n) is 8.08. The van der Waals surface area contributed by atoms with Gasteiger partial charge in [-0.25, -0.2) is 4.39 Å². The Balaban J connectivity index is 2.55.